The first-order chi connectivity index (χ1) is 12.1. The lowest BCUT2D eigenvalue weighted by molar-refractivity contribution is 0.0720. The van der Waals surface area contributed by atoms with Gasteiger partial charge in [-0.05, 0) is 31.9 Å². The Hall–Kier alpha value is -2.14. The molecule has 0 bridgehead atoms. The summed E-state index contributed by atoms with van der Waals surface area (Å²) in [4.78, 5) is 15.4. The van der Waals surface area contributed by atoms with Gasteiger partial charge >= 0.3 is 0 Å². The quantitative estimate of drug-likeness (QED) is 0.915. The second-order valence-corrected chi connectivity index (χ2v) is 7.32. The third kappa shape index (κ3) is 2.97. The van der Waals surface area contributed by atoms with Crippen molar-refractivity contribution in [1.29, 1.82) is 0 Å². The van der Waals surface area contributed by atoms with E-state index in [9.17, 15) is 4.79 Å². The van der Waals surface area contributed by atoms with Gasteiger partial charge in [0.1, 0.15) is 0 Å². The van der Waals surface area contributed by atoms with Gasteiger partial charge in [-0.15, -0.1) is 0 Å². The zero-order chi connectivity index (χ0) is 17.4. The molecule has 2 aromatic rings. The van der Waals surface area contributed by atoms with Gasteiger partial charge in [0.05, 0.1) is 11.3 Å². The van der Waals surface area contributed by atoms with Crippen molar-refractivity contribution >= 4 is 5.91 Å². The van der Waals surface area contributed by atoms with Crippen molar-refractivity contribution in [2.45, 2.75) is 44.2 Å². The fourth-order valence-electron chi connectivity index (χ4n) is 4.49. The number of nitrogens with one attached hydrogen (secondary N) is 1. The first-order valence-corrected chi connectivity index (χ1v) is 9.24. The van der Waals surface area contributed by atoms with Crippen LogP contribution in [0.2, 0.25) is 0 Å². The summed E-state index contributed by atoms with van der Waals surface area (Å²) < 4.78 is 1.73. The number of rotatable bonds is 2. The van der Waals surface area contributed by atoms with Crippen LogP contribution in [0.15, 0.2) is 36.5 Å². The molecule has 0 unspecified atom stereocenters. The first kappa shape index (κ1) is 16.3. The zero-order valence-corrected chi connectivity index (χ0v) is 15.0. The van der Waals surface area contributed by atoms with Crippen LogP contribution in [0.4, 0.5) is 0 Å². The number of benzene rings is 1. The fraction of sp³-hybridized carbons (Fsp3) is 0.500. The summed E-state index contributed by atoms with van der Waals surface area (Å²) in [5.74, 6) is 0.480. The average Bonchev–Trinajstić information content (AvgIpc) is 3.04. The minimum atomic E-state index is 0.128. The van der Waals surface area contributed by atoms with Gasteiger partial charge in [-0.1, -0.05) is 36.8 Å². The Morgan fingerprint density at radius 3 is 2.76 bits per heavy atom. The van der Waals surface area contributed by atoms with Gasteiger partial charge in [0.25, 0.3) is 5.91 Å². The monoisotopic (exact) mass is 338 g/mol. The van der Waals surface area contributed by atoms with E-state index >= 15 is 0 Å². The molecule has 1 amide bonds. The van der Waals surface area contributed by atoms with Gasteiger partial charge in [-0.25, -0.2) is 0 Å². The fourth-order valence-corrected chi connectivity index (χ4v) is 4.49. The van der Waals surface area contributed by atoms with Crippen LogP contribution in [-0.2, 0) is 7.05 Å². The molecule has 2 aliphatic rings. The lowest BCUT2D eigenvalue weighted by Crippen LogP contribution is -2.44. The van der Waals surface area contributed by atoms with E-state index in [0.717, 1.165) is 30.8 Å². The highest BCUT2D eigenvalue weighted by molar-refractivity contribution is 5.95. The third-order valence-electron chi connectivity index (χ3n) is 5.68. The summed E-state index contributed by atoms with van der Waals surface area (Å²) in [6, 6.07) is 11.2. The average molecular weight is 338 g/mol. The van der Waals surface area contributed by atoms with Crippen molar-refractivity contribution < 1.29 is 4.79 Å². The highest BCUT2D eigenvalue weighted by Crippen LogP contribution is 2.36. The van der Waals surface area contributed by atoms with E-state index in [1.165, 1.54) is 18.4 Å². The number of aromatic nitrogens is 2. The van der Waals surface area contributed by atoms with Crippen LogP contribution in [0.1, 0.15) is 46.8 Å². The van der Waals surface area contributed by atoms with Gasteiger partial charge < -0.3 is 10.2 Å². The van der Waals surface area contributed by atoms with Crippen LogP contribution < -0.4 is 5.32 Å². The maximum absolute atomic E-state index is 13.3. The topological polar surface area (TPSA) is 50.2 Å². The van der Waals surface area contributed by atoms with Crippen LogP contribution >= 0.6 is 0 Å². The van der Waals surface area contributed by atoms with E-state index in [4.69, 9.17) is 0 Å². The SMILES string of the molecule is Cc1nn(C)cc1C(=O)N1C[C@@H](c2ccccc2)[C@@H]2NCCCC[C@@H]21. The van der Waals surface area contributed by atoms with E-state index < -0.39 is 0 Å². The molecule has 25 heavy (non-hydrogen) atoms. The van der Waals surface area contributed by atoms with Crippen LogP contribution in [0.3, 0.4) is 0 Å². The number of fused-ring (bicyclic) bond motifs is 1. The summed E-state index contributed by atoms with van der Waals surface area (Å²) in [5, 5.41) is 8.09. The Balaban J connectivity index is 1.67. The van der Waals surface area contributed by atoms with Crippen LogP contribution in [0.5, 0.6) is 0 Å². The molecule has 2 saturated heterocycles. The predicted octanol–water partition coefficient (Wildman–Crippen LogP) is 2.48. The molecule has 3 heterocycles. The summed E-state index contributed by atoms with van der Waals surface area (Å²) >= 11 is 0. The zero-order valence-electron chi connectivity index (χ0n) is 15.0. The van der Waals surface area contributed by atoms with E-state index in [2.05, 4.69) is 45.6 Å². The van der Waals surface area contributed by atoms with Crippen LogP contribution in [-0.4, -0.2) is 45.8 Å². The number of carbonyl (C=O) groups is 1. The highest BCUT2D eigenvalue weighted by atomic mass is 16.2. The molecule has 132 valence electrons. The van der Waals surface area contributed by atoms with E-state index in [-0.39, 0.29) is 11.9 Å². The number of hydrogen-bond donors (Lipinski definition) is 1. The predicted molar refractivity (Wildman–Crippen MR) is 97.6 cm³/mol. The molecule has 2 fully saturated rings. The summed E-state index contributed by atoms with van der Waals surface area (Å²) in [6.07, 6.45) is 5.28. The van der Waals surface area contributed by atoms with Gasteiger partial charge in [0, 0.05) is 37.8 Å². The third-order valence-corrected chi connectivity index (χ3v) is 5.68. The molecule has 1 aromatic heterocycles. The van der Waals surface area contributed by atoms with Crippen LogP contribution in [0, 0.1) is 6.92 Å². The van der Waals surface area contributed by atoms with Gasteiger partial charge in [0.2, 0.25) is 0 Å². The minimum Gasteiger partial charge on any atom is -0.333 e. The highest BCUT2D eigenvalue weighted by Gasteiger charge is 2.45. The Kier molecular flexibility index (Phi) is 4.34. The Morgan fingerprint density at radius 2 is 2.04 bits per heavy atom. The molecule has 0 saturated carbocycles. The Labute approximate surface area is 149 Å². The number of carbonyl (C=O) groups excluding carboxylic acids is 1. The normalized spacial score (nSPS) is 26.3. The minimum absolute atomic E-state index is 0.128. The van der Waals surface area contributed by atoms with Crippen molar-refractivity contribution in [3.05, 3.63) is 53.3 Å². The van der Waals surface area contributed by atoms with Gasteiger partial charge in [0.15, 0.2) is 0 Å². The second kappa shape index (κ2) is 6.64. The molecule has 3 atom stereocenters. The molecule has 1 aromatic carbocycles. The van der Waals surface area contributed by atoms with Gasteiger partial charge in [-0.3, -0.25) is 9.48 Å². The van der Waals surface area contributed by atoms with Crippen molar-refractivity contribution in [2.75, 3.05) is 13.1 Å². The van der Waals surface area contributed by atoms with Crippen molar-refractivity contribution in [3.63, 3.8) is 0 Å². The van der Waals surface area contributed by atoms with Crippen LogP contribution in [0.25, 0.3) is 0 Å². The number of hydrogen-bond acceptors (Lipinski definition) is 3. The largest absolute Gasteiger partial charge is 0.333 e. The van der Waals surface area contributed by atoms with Crippen molar-refractivity contribution in [2.24, 2.45) is 7.05 Å². The van der Waals surface area contributed by atoms with Crippen molar-refractivity contribution in [3.8, 4) is 0 Å². The molecule has 1 N–H and O–H groups in total. The molecule has 0 spiro atoms. The Bertz CT molecular complexity index is 754. The van der Waals surface area contributed by atoms with Crippen molar-refractivity contribution in [1.82, 2.24) is 20.0 Å². The molecule has 5 nitrogen and oxygen atoms in total. The van der Waals surface area contributed by atoms with Gasteiger partial charge in [-0.2, -0.15) is 5.10 Å². The molecular formula is C20H26N4O. The first-order valence-electron chi connectivity index (χ1n) is 9.24. The summed E-state index contributed by atoms with van der Waals surface area (Å²) in [7, 11) is 1.87. The summed E-state index contributed by atoms with van der Waals surface area (Å²) in [6.45, 7) is 3.73. The second-order valence-electron chi connectivity index (χ2n) is 7.32. The smallest absolute Gasteiger partial charge is 0.257 e. The lowest BCUT2D eigenvalue weighted by Gasteiger charge is -2.27. The molecule has 5 heteroatoms. The van der Waals surface area contributed by atoms with E-state index in [0.29, 0.717) is 12.0 Å². The Morgan fingerprint density at radius 1 is 1.24 bits per heavy atom. The number of aryl methyl sites for hydroxylation is 2. The number of amides is 1. The molecular weight excluding hydrogens is 312 g/mol. The number of likely N-dealkylation sites (tertiary alicyclic amines) is 1. The molecule has 0 aliphatic carbocycles. The standard InChI is InChI=1S/C20H26N4O/c1-14-16(12-23(2)22-14)20(25)24-13-17(15-8-4-3-5-9-15)19-18(24)10-6-7-11-21-19/h3-5,8-9,12,17-19,21H,6-7,10-11,13H2,1-2H3/t17-,18-,19-/m0/s1. The van der Waals surface area contributed by atoms with E-state index in [1.54, 1.807) is 4.68 Å². The summed E-state index contributed by atoms with van der Waals surface area (Å²) in [5.41, 5.74) is 2.87. The molecule has 0 radical (unpaired) electrons. The molecule has 4 rings (SSSR count). The lowest BCUT2D eigenvalue weighted by atomic mass is 9.90. The molecule has 2 aliphatic heterocycles. The maximum atomic E-state index is 13.3. The maximum Gasteiger partial charge on any atom is 0.257 e. The number of nitrogens with zero attached hydrogens (tertiary/aromatic N) is 3. The van der Waals surface area contributed by atoms with E-state index in [1.807, 2.05) is 20.2 Å².